The van der Waals surface area contributed by atoms with Crippen LogP contribution in [-0.4, -0.2) is 13.2 Å². The number of alkyl halides is 1. The molecule has 0 spiro atoms. The van der Waals surface area contributed by atoms with Crippen LogP contribution in [0.4, 0.5) is 0 Å². The Hall–Kier alpha value is -1.61. The summed E-state index contributed by atoms with van der Waals surface area (Å²) < 4.78 is 17.0. The Kier molecular flexibility index (Phi) is 3.62. The van der Waals surface area contributed by atoms with Crippen molar-refractivity contribution in [1.29, 1.82) is 0 Å². The monoisotopic (exact) mass is 292 g/mol. The molecule has 20 heavy (non-hydrogen) atoms. The average Bonchev–Trinajstić information content (AvgIpc) is 2.79. The molecule has 1 aliphatic rings. The minimum Gasteiger partial charge on any atom is -0.489 e. The first-order chi connectivity index (χ1) is 9.65. The largest absolute Gasteiger partial charge is 0.489 e. The van der Waals surface area contributed by atoms with Crippen molar-refractivity contribution in [3.05, 3.63) is 47.4 Å². The highest BCUT2D eigenvalue weighted by molar-refractivity contribution is 6.22. The highest BCUT2D eigenvalue weighted by Gasteiger charge is 2.20. The molecule has 0 saturated heterocycles. The van der Waals surface area contributed by atoms with E-state index in [1.165, 1.54) is 0 Å². The first-order valence-corrected chi connectivity index (χ1v) is 7.16. The zero-order valence-corrected chi connectivity index (χ0v) is 12.3. The molecule has 1 aliphatic heterocycles. The highest BCUT2D eigenvalue weighted by Crippen LogP contribution is 2.38. The van der Waals surface area contributed by atoms with Gasteiger partial charge in [-0.3, -0.25) is 0 Å². The van der Waals surface area contributed by atoms with Gasteiger partial charge < -0.3 is 13.9 Å². The van der Waals surface area contributed by atoms with E-state index in [0.29, 0.717) is 19.1 Å². The van der Waals surface area contributed by atoms with Crippen molar-refractivity contribution in [2.75, 3.05) is 13.2 Å². The molecule has 0 bridgehead atoms. The van der Waals surface area contributed by atoms with Crippen molar-refractivity contribution in [2.45, 2.75) is 19.2 Å². The number of aryl methyl sites for hydroxylation is 1. The number of hydrogen-bond donors (Lipinski definition) is 0. The van der Waals surface area contributed by atoms with Crippen molar-refractivity contribution in [1.82, 2.24) is 0 Å². The van der Waals surface area contributed by atoms with E-state index >= 15 is 0 Å². The van der Waals surface area contributed by atoms with Gasteiger partial charge in [-0.2, -0.15) is 0 Å². The Labute approximate surface area is 123 Å². The molecule has 2 heterocycles. The van der Waals surface area contributed by atoms with Crippen LogP contribution in [0.5, 0.6) is 11.5 Å². The summed E-state index contributed by atoms with van der Waals surface area (Å²) in [5.41, 5.74) is 1.99. The maximum absolute atomic E-state index is 6.50. The zero-order valence-electron chi connectivity index (χ0n) is 11.6. The van der Waals surface area contributed by atoms with Gasteiger partial charge in [-0.25, -0.2) is 0 Å². The van der Waals surface area contributed by atoms with Gasteiger partial charge in [0.1, 0.15) is 11.1 Å². The smallest absolute Gasteiger partial charge is 0.161 e. The molecule has 0 amide bonds. The third kappa shape index (κ3) is 2.50. The van der Waals surface area contributed by atoms with Crippen LogP contribution < -0.4 is 9.47 Å². The van der Waals surface area contributed by atoms with Gasteiger partial charge in [0, 0.05) is 5.92 Å². The van der Waals surface area contributed by atoms with E-state index in [2.05, 4.69) is 6.92 Å². The molecule has 2 unspecified atom stereocenters. The minimum absolute atomic E-state index is 0.320. The van der Waals surface area contributed by atoms with Gasteiger partial charge in [-0.15, -0.1) is 11.6 Å². The Morgan fingerprint density at radius 3 is 2.60 bits per heavy atom. The van der Waals surface area contributed by atoms with Gasteiger partial charge in [-0.05, 0) is 36.2 Å². The molecule has 3 rings (SSSR count). The first-order valence-electron chi connectivity index (χ1n) is 6.72. The maximum Gasteiger partial charge on any atom is 0.161 e. The lowest BCUT2D eigenvalue weighted by Gasteiger charge is -2.12. The summed E-state index contributed by atoms with van der Waals surface area (Å²) >= 11 is 6.50. The summed E-state index contributed by atoms with van der Waals surface area (Å²) in [6.07, 6.45) is 1.66. The van der Waals surface area contributed by atoms with Crippen LogP contribution in [0.25, 0.3) is 0 Å². The lowest BCUT2D eigenvalue weighted by Crippen LogP contribution is -2.12. The molecule has 0 aliphatic carbocycles. The molecular weight excluding hydrogens is 276 g/mol. The fraction of sp³-hybridized carbons (Fsp3) is 0.375. The molecular formula is C16H17ClO3. The lowest BCUT2D eigenvalue weighted by molar-refractivity contribution is 0.228. The van der Waals surface area contributed by atoms with E-state index in [1.54, 1.807) is 6.26 Å². The Balaban J connectivity index is 1.91. The van der Waals surface area contributed by atoms with Gasteiger partial charge in [0.05, 0.1) is 19.5 Å². The molecule has 2 atom stereocenters. The Morgan fingerprint density at radius 1 is 1.15 bits per heavy atom. The van der Waals surface area contributed by atoms with Crippen molar-refractivity contribution in [2.24, 2.45) is 5.92 Å². The molecule has 0 fully saturated rings. The fourth-order valence-electron chi connectivity index (χ4n) is 2.22. The molecule has 0 saturated carbocycles. The van der Waals surface area contributed by atoms with Crippen LogP contribution in [0.2, 0.25) is 0 Å². The molecule has 0 N–H and O–H groups in total. The van der Waals surface area contributed by atoms with Crippen LogP contribution in [-0.2, 0) is 0 Å². The predicted molar refractivity (Wildman–Crippen MR) is 77.7 cm³/mol. The number of benzene rings is 1. The van der Waals surface area contributed by atoms with Crippen LogP contribution in [0.15, 0.2) is 34.9 Å². The van der Waals surface area contributed by atoms with Gasteiger partial charge in [0.15, 0.2) is 11.5 Å². The second-order valence-electron chi connectivity index (χ2n) is 5.26. The third-order valence-electron chi connectivity index (χ3n) is 3.44. The Bertz CT molecular complexity index is 606. The molecule has 1 aromatic carbocycles. The van der Waals surface area contributed by atoms with Gasteiger partial charge in [0.25, 0.3) is 0 Å². The summed E-state index contributed by atoms with van der Waals surface area (Å²) in [5.74, 6) is 2.68. The van der Waals surface area contributed by atoms with E-state index in [1.807, 2.05) is 31.2 Å². The fourth-order valence-corrected chi connectivity index (χ4v) is 2.58. The quantitative estimate of drug-likeness (QED) is 0.772. The van der Waals surface area contributed by atoms with E-state index < -0.39 is 0 Å². The van der Waals surface area contributed by atoms with E-state index in [-0.39, 0.29) is 5.38 Å². The minimum atomic E-state index is -0.320. The number of ether oxygens (including phenoxy) is 2. The molecule has 4 heteroatoms. The summed E-state index contributed by atoms with van der Waals surface area (Å²) in [5, 5.41) is -0.320. The second kappa shape index (κ2) is 5.41. The van der Waals surface area contributed by atoms with Crippen LogP contribution in [0.3, 0.4) is 0 Å². The van der Waals surface area contributed by atoms with Crippen molar-refractivity contribution in [3.63, 3.8) is 0 Å². The highest BCUT2D eigenvalue weighted by atomic mass is 35.5. The molecule has 1 aromatic heterocycles. The average molecular weight is 293 g/mol. The number of halogens is 1. The van der Waals surface area contributed by atoms with Gasteiger partial charge in [0.2, 0.25) is 0 Å². The normalized spacial score (nSPS) is 19.4. The molecule has 106 valence electrons. The standard InChI is InChI=1S/C16H17ClO3/c1-10-8-19-13-4-3-12(7-14(13)20-9-10)15(17)16-11(2)5-6-18-16/h3-7,10,15H,8-9H2,1-2H3. The third-order valence-corrected chi connectivity index (χ3v) is 3.89. The van der Waals surface area contributed by atoms with Crippen LogP contribution in [0.1, 0.15) is 29.2 Å². The van der Waals surface area contributed by atoms with Crippen molar-refractivity contribution < 1.29 is 13.9 Å². The Morgan fingerprint density at radius 2 is 1.90 bits per heavy atom. The SMILES string of the molecule is Cc1ccoc1C(Cl)c1ccc2c(c1)OCC(C)CO2. The number of rotatable bonds is 2. The summed E-state index contributed by atoms with van der Waals surface area (Å²) in [4.78, 5) is 0. The predicted octanol–water partition coefficient (Wildman–Crippen LogP) is 4.32. The van der Waals surface area contributed by atoms with Crippen molar-refractivity contribution in [3.8, 4) is 11.5 Å². The van der Waals surface area contributed by atoms with Crippen LogP contribution >= 0.6 is 11.6 Å². The van der Waals surface area contributed by atoms with Gasteiger partial charge >= 0.3 is 0 Å². The second-order valence-corrected chi connectivity index (χ2v) is 5.70. The summed E-state index contributed by atoms with van der Waals surface area (Å²) in [6, 6.07) is 7.72. The van der Waals surface area contributed by atoms with E-state index in [0.717, 1.165) is 28.4 Å². The molecule has 2 aromatic rings. The van der Waals surface area contributed by atoms with Crippen LogP contribution in [0, 0.1) is 12.8 Å². The number of furan rings is 1. The lowest BCUT2D eigenvalue weighted by atomic mass is 10.1. The number of hydrogen-bond acceptors (Lipinski definition) is 3. The summed E-state index contributed by atoms with van der Waals surface area (Å²) in [7, 11) is 0. The van der Waals surface area contributed by atoms with E-state index in [4.69, 9.17) is 25.5 Å². The zero-order chi connectivity index (χ0) is 14.1. The van der Waals surface area contributed by atoms with E-state index in [9.17, 15) is 0 Å². The molecule has 3 nitrogen and oxygen atoms in total. The number of fused-ring (bicyclic) bond motifs is 1. The molecule has 0 radical (unpaired) electrons. The topological polar surface area (TPSA) is 31.6 Å². The maximum atomic E-state index is 6.50. The van der Waals surface area contributed by atoms with Crippen molar-refractivity contribution >= 4 is 11.6 Å². The first kappa shape index (κ1) is 13.4. The van der Waals surface area contributed by atoms with Gasteiger partial charge in [-0.1, -0.05) is 13.0 Å². The summed E-state index contributed by atoms with van der Waals surface area (Å²) in [6.45, 7) is 5.42.